The normalized spacial score (nSPS) is 11.4. The van der Waals surface area contributed by atoms with Gasteiger partial charge in [0.1, 0.15) is 6.54 Å². The van der Waals surface area contributed by atoms with E-state index >= 15 is 0 Å². The SMILES string of the molecule is CCC(C)(C)NC(=O)Cn1c(-c2ncccn2)noc1=O. The van der Waals surface area contributed by atoms with Crippen molar-refractivity contribution < 1.29 is 9.32 Å². The van der Waals surface area contributed by atoms with Gasteiger partial charge in [0.2, 0.25) is 11.7 Å². The van der Waals surface area contributed by atoms with Crippen molar-refractivity contribution in [2.75, 3.05) is 0 Å². The Labute approximate surface area is 121 Å². The summed E-state index contributed by atoms with van der Waals surface area (Å²) in [5.74, 6) is -0.665. The predicted molar refractivity (Wildman–Crippen MR) is 74.3 cm³/mol. The van der Waals surface area contributed by atoms with E-state index in [2.05, 4.69) is 25.0 Å². The summed E-state index contributed by atoms with van der Waals surface area (Å²) in [5.41, 5.74) is -0.346. The molecule has 0 aliphatic carbocycles. The summed E-state index contributed by atoms with van der Waals surface area (Å²) in [6.45, 7) is 5.58. The molecule has 0 aliphatic rings. The first-order chi connectivity index (χ1) is 9.93. The Bertz CT molecular complexity index is 675. The van der Waals surface area contributed by atoms with Gasteiger partial charge in [0.15, 0.2) is 5.82 Å². The first-order valence-corrected chi connectivity index (χ1v) is 6.58. The molecule has 8 nitrogen and oxygen atoms in total. The van der Waals surface area contributed by atoms with Crippen LogP contribution in [-0.4, -0.2) is 31.1 Å². The topological polar surface area (TPSA) is 103 Å². The molecule has 0 aliphatic heterocycles. The number of hydrogen-bond donors (Lipinski definition) is 1. The average Bonchev–Trinajstić information content (AvgIpc) is 2.81. The minimum atomic E-state index is -0.720. The maximum atomic E-state index is 12.0. The molecular weight excluding hydrogens is 274 g/mol. The molecule has 0 fully saturated rings. The van der Waals surface area contributed by atoms with Crippen LogP contribution in [0.2, 0.25) is 0 Å². The lowest BCUT2D eigenvalue weighted by molar-refractivity contribution is -0.123. The number of rotatable bonds is 5. The lowest BCUT2D eigenvalue weighted by atomic mass is 10.0. The van der Waals surface area contributed by atoms with Crippen LogP contribution in [0, 0.1) is 0 Å². The third kappa shape index (κ3) is 3.53. The Hall–Kier alpha value is -2.51. The summed E-state index contributed by atoms with van der Waals surface area (Å²) in [7, 11) is 0. The lowest BCUT2D eigenvalue weighted by Gasteiger charge is -2.24. The van der Waals surface area contributed by atoms with E-state index in [0.717, 1.165) is 11.0 Å². The maximum absolute atomic E-state index is 12.0. The Morgan fingerprint density at radius 2 is 2.05 bits per heavy atom. The monoisotopic (exact) mass is 291 g/mol. The van der Waals surface area contributed by atoms with Gasteiger partial charge in [0, 0.05) is 17.9 Å². The fourth-order valence-corrected chi connectivity index (χ4v) is 1.63. The van der Waals surface area contributed by atoms with Crippen LogP contribution in [0.4, 0.5) is 0 Å². The predicted octanol–water partition coefficient (Wildman–Crippen LogP) is 0.598. The minimum Gasteiger partial charge on any atom is -0.350 e. The zero-order valence-electron chi connectivity index (χ0n) is 12.2. The van der Waals surface area contributed by atoms with Gasteiger partial charge in [0.25, 0.3) is 0 Å². The Balaban J connectivity index is 2.24. The Kier molecular flexibility index (Phi) is 4.15. The van der Waals surface area contributed by atoms with Crippen molar-refractivity contribution in [1.29, 1.82) is 0 Å². The summed E-state index contributed by atoms with van der Waals surface area (Å²) < 4.78 is 5.71. The van der Waals surface area contributed by atoms with Gasteiger partial charge in [-0.15, -0.1) is 0 Å². The Morgan fingerprint density at radius 3 is 2.67 bits per heavy atom. The second-order valence-corrected chi connectivity index (χ2v) is 5.22. The van der Waals surface area contributed by atoms with E-state index in [1.165, 1.54) is 12.4 Å². The van der Waals surface area contributed by atoms with Crippen molar-refractivity contribution in [2.45, 2.75) is 39.3 Å². The summed E-state index contributed by atoms with van der Waals surface area (Å²) >= 11 is 0. The van der Waals surface area contributed by atoms with Gasteiger partial charge in [-0.05, 0) is 26.3 Å². The molecule has 2 aromatic rings. The van der Waals surface area contributed by atoms with Crippen molar-refractivity contribution >= 4 is 5.91 Å². The molecule has 0 radical (unpaired) electrons. The van der Waals surface area contributed by atoms with Crippen LogP contribution < -0.4 is 11.1 Å². The van der Waals surface area contributed by atoms with Crippen molar-refractivity contribution in [1.82, 2.24) is 25.0 Å². The summed E-state index contributed by atoms with van der Waals surface area (Å²) in [4.78, 5) is 31.7. The fraction of sp³-hybridized carbons (Fsp3) is 0.462. The van der Waals surface area contributed by atoms with E-state index in [9.17, 15) is 9.59 Å². The van der Waals surface area contributed by atoms with E-state index in [-0.39, 0.29) is 29.6 Å². The largest absolute Gasteiger partial charge is 0.442 e. The van der Waals surface area contributed by atoms with Gasteiger partial charge in [0.05, 0.1) is 0 Å². The van der Waals surface area contributed by atoms with Crippen molar-refractivity contribution in [3.05, 3.63) is 29.0 Å². The van der Waals surface area contributed by atoms with E-state index < -0.39 is 5.76 Å². The quantitative estimate of drug-likeness (QED) is 0.865. The van der Waals surface area contributed by atoms with Crippen LogP contribution in [0.25, 0.3) is 11.6 Å². The number of amides is 1. The highest BCUT2D eigenvalue weighted by Crippen LogP contribution is 2.10. The second kappa shape index (κ2) is 5.86. The summed E-state index contributed by atoms with van der Waals surface area (Å²) in [6.07, 6.45) is 3.81. The zero-order chi connectivity index (χ0) is 15.5. The molecule has 2 aromatic heterocycles. The molecule has 0 atom stereocenters. The molecule has 8 heteroatoms. The first kappa shape index (κ1) is 14.9. The molecule has 0 saturated heterocycles. The number of carbonyl (C=O) groups excluding carboxylic acids is 1. The third-order valence-corrected chi connectivity index (χ3v) is 3.12. The number of aromatic nitrogens is 4. The van der Waals surface area contributed by atoms with Gasteiger partial charge in [-0.25, -0.2) is 19.3 Å². The average molecular weight is 291 g/mol. The van der Waals surface area contributed by atoms with Gasteiger partial charge in [-0.2, -0.15) is 0 Å². The van der Waals surface area contributed by atoms with Gasteiger partial charge in [-0.1, -0.05) is 12.1 Å². The number of nitrogens with one attached hydrogen (secondary N) is 1. The Morgan fingerprint density at radius 1 is 1.38 bits per heavy atom. The second-order valence-electron chi connectivity index (χ2n) is 5.22. The van der Waals surface area contributed by atoms with Gasteiger partial charge in [-0.3, -0.25) is 9.32 Å². The summed E-state index contributed by atoms with van der Waals surface area (Å²) in [6, 6.07) is 1.64. The van der Waals surface area contributed by atoms with Crippen LogP contribution in [0.15, 0.2) is 27.8 Å². The number of hydrogen-bond acceptors (Lipinski definition) is 6. The van der Waals surface area contributed by atoms with Crippen LogP contribution >= 0.6 is 0 Å². The van der Waals surface area contributed by atoms with Crippen LogP contribution in [0.5, 0.6) is 0 Å². The van der Waals surface area contributed by atoms with Crippen molar-refractivity contribution in [3.63, 3.8) is 0 Å². The third-order valence-electron chi connectivity index (χ3n) is 3.12. The minimum absolute atomic E-state index is 0.130. The van der Waals surface area contributed by atoms with E-state index in [4.69, 9.17) is 0 Å². The van der Waals surface area contributed by atoms with E-state index in [0.29, 0.717) is 0 Å². The van der Waals surface area contributed by atoms with E-state index in [1.54, 1.807) is 6.07 Å². The lowest BCUT2D eigenvalue weighted by Crippen LogP contribution is -2.45. The highest BCUT2D eigenvalue weighted by atomic mass is 16.5. The number of carbonyl (C=O) groups is 1. The molecule has 0 unspecified atom stereocenters. The molecule has 112 valence electrons. The molecule has 1 amide bonds. The molecule has 0 spiro atoms. The smallest absolute Gasteiger partial charge is 0.350 e. The molecule has 2 heterocycles. The van der Waals surface area contributed by atoms with E-state index in [1.807, 2.05) is 20.8 Å². The van der Waals surface area contributed by atoms with Crippen molar-refractivity contribution in [3.8, 4) is 11.6 Å². The highest BCUT2D eigenvalue weighted by Gasteiger charge is 2.21. The molecule has 1 N–H and O–H groups in total. The first-order valence-electron chi connectivity index (χ1n) is 6.58. The van der Waals surface area contributed by atoms with Crippen molar-refractivity contribution in [2.24, 2.45) is 0 Å². The molecule has 21 heavy (non-hydrogen) atoms. The molecule has 0 saturated carbocycles. The number of nitrogens with zero attached hydrogens (tertiary/aromatic N) is 4. The molecule has 0 bridgehead atoms. The molecular formula is C13H17N5O3. The van der Waals surface area contributed by atoms with Crippen LogP contribution in [-0.2, 0) is 11.3 Å². The van der Waals surface area contributed by atoms with Gasteiger partial charge >= 0.3 is 5.76 Å². The fourth-order valence-electron chi connectivity index (χ4n) is 1.63. The standard InChI is InChI=1S/C13H17N5O3/c1-4-13(2,3)16-9(19)8-18-11(17-21-12(18)20)10-14-6-5-7-15-10/h5-7H,4,8H2,1-3H3,(H,16,19). The zero-order valence-corrected chi connectivity index (χ0v) is 12.2. The van der Waals surface area contributed by atoms with Crippen LogP contribution in [0.1, 0.15) is 27.2 Å². The maximum Gasteiger partial charge on any atom is 0.442 e. The highest BCUT2D eigenvalue weighted by molar-refractivity contribution is 5.77. The molecule has 2 rings (SSSR count). The summed E-state index contributed by atoms with van der Waals surface area (Å²) in [5, 5.41) is 6.47. The van der Waals surface area contributed by atoms with Crippen LogP contribution in [0.3, 0.4) is 0 Å². The van der Waals surface area contributed by atoms with Gasteiger partial charge < -0.3 is 5.32 Å². The molecule has 0 aromatic carbocycles.